The molecule has 0 atom stereocenters. The maximum Gasteiger partial charge on any atom is 0.417 e. The van der Waals surface area contributed by atoms with Crippen LogP contribution in [0.2, 0.25) is 5.02 Å². The zero-order valence-electron chi connectivity index (χ0n) is 14.9. The molecule has 0 aliphatic carbocycles. The molecule has 0 bridgehead atoms. The molecule has 0 amide bonds. The summed E-state index contributed by atoms with van der Waals surface area (Å²) in [5.74, 6) is 0. The van der Waals surface area contributed by atoms with Crippen LogP contribution in [0.25, 0.3) is 22.2 Å². The van der Waals surface area contributed by atoms with Gasteiger partial charge in [-0.3, -0.25) is 9.78 Å². The van der Waals surface area contributed by atoms with E-state index in [1.165, 1.54) is 24.3 Å². The summed E-state index contributed by atoms with van der Waals surface area (Å²) in [6.45, 7) is 0.316. The predicted molar refractivity (Wildman–Crippen MR) is 107 cm³/mol. The molecule has 4 rings (SSSR count). The van der Waals surface area contributed by atoms with Crippen molar-refractivity contribution in [2.45, 2.75) is 12.7 Å². The maximum absolute atomic E-state index is 13.3. The number of benzene rings is 2. The van der Waals surface area contributed by atoms with Gasteiger partial charge < -0.3 is 4.57 Å². The molecule has 0 aliphatic rings. The molecule has 2 aromatic carbocycles. The molecule has 3 nitrogen and oxygen atoms in total. The maximum atomic E-state index is 13.3. The molecular formula is C22H14ClF3N2O. The highest BCUT2D eigenvalue weighted by Crippen LogP contribution is 2.39. The van der Waals surface area contributed by atoms with Crippen LogP contribution >= 0.6 is 11.6 Å². The molecule has 29 heavy (non-hydrogen) atoms. The Morgan fingerprint density at radius 1 is 1.00 bits per heavy atom. The Bertz CT molecular complexity index is 1260. The lowest BCUT2D eigenvalue weighted by atomic mass is 10.1. The fourth-order valence-electron chi connectivity index (χ4n) is 3.31. The molecule has 2 aromatic heterocycles. The Labute approximate surface area is 169 Å². The molecule has 0 unspecified atom stereocenters. The highest BCUT2D eigenvalue weighted by Gasteiger charge is 2.34. The van der Waals surface area contributed by atoms with E-state index in [-0.39, 0.29) is 11.0 Å². The molecule has 0 N–H and O–H groups in total. The Kier molecular flexibility index (Phi) is 4.88. The molecule has 0 fully saturated rings. The number of para-hydroxylation sites is 1. The number of hydrogen-bond donors (Lipinski definition) is 0. The van der Waals surface area contributed by atoms with E-state index < -0.39 is 16.8 Å². The third kappa shape index (κ3) is 3.76. The highest BCUT2D eigenvalue weighted by atomic mass is 35.5. The number of pyridine rings is 2. The molecule has 4 aromatic rings. The van der Waals surface area contributed by atoms with Crippen molar-refractivity contribution in [2.24, 2.45) is 0 Å². The molecular weight excluding hydrogens is 401 g/mol. The van der Waals surface area contributed by atoms with Crippen molar-refractivity contribution >= 4 is 22.5 Å². The van der Waals surface area contributed by atoms with Crippen LogP contribution in [0.4, 0.5) is 13.2 Å². The summed E-state index contributed by atoms with van der Waals surface area (Å²) in [5.41, 5.74) is 0.854. The highest BCUT2D eigenvalue weighted by molar-refractivity contribution is 6.34. The van der Waals surface area contributed by atoms with Crippen LogP contribution in [-0.2, 0) is 12.7 Å². The smallest absolute Gasteiger partial charge is 0.343 e. The van der Waals surface area contributed by atoms with Gasteiger partial charge in [-0.1, -0.05) is 48.0 Å². The zero-order valence-corrected chi connectivity index (χ0v) is 15.7. The topological polar surface area (TPSA) is 34.9 Å². The summed E-state index contributed by atoms with van der Waals surface area (Å²) >= 11 is 6.10. The summed E-state index contributed by atoms with van der Waals surface area (Å²) in [6, 6.07) is 15.8. The van der Waals surface area contributed by atoms with E-state index in [1.807, 2.05) is 30.3 Å². The summed E-state index contributed by atoms with van der Waals surface area (Å²) in [4.78, 5) is 16.4. The van der Waals surface area contributed by atoms with Crippen molar-refractivity contribution in [3.63, 3.8) is 0 Å². The first-order valence-electron chi connectivity index (χ1n) is 8.74. The number of nitrogens with zero attached hydrogens (tertiary/aromatic N) is 2. The van der Waals surface area contributed by atoms with Gasteiger partial charge in [-0.05, 0) is 17.7 Å². The van der Waals surface area contributed by atoms with Crippen molar-refractivity contribution in [3.05, 3.63) is 99.4 Å². The van der Waals surface area contributed by atoms with Crippen LogP contribution in [0.5, 0.6) is 0 Å². The van der Waals surface area contributed by atoms with Crippen LogP contribution in [-0.4, -0.2) is 9.55 Å². The van der Waals surface area contributed by atoms with E-state index in [2.05, 4.69) is 4.98 Å². The summed E-state index contributed by atoms with van der Waals surface area (Å²) in [7, 11) is 0. The van der Waals surface area contributed by atoms with E-state index in [1.54, 1.807) is 17.0 Å². The molecule has 0 saturated carbocycles. The van der Waals surface area contributed by atoms with Gasteiger partial charge in [-0.15, -0.1) is 0 Å². The van der Waals surface area contributed by atoms with Crippen molar-refractivity contribution < 1.29 is 13.2 Å². The third-order valence-corrected chi connectivity index (χ3v) is 5.05. The molecule has 0 saturated heterocycles. The molecule has 2 heterocycles. The third-order valence-electron chi connectivity index (χ3n) is 4.64. The van der Waals surface area contributed by atoms with Crippen LogP contribution in [0.15, 0.2) is 77.9 Å². The van der Waals surface area contributed by atoms with Crippen molar-refractivity contribution in [1.29, 1.82) is 0 Å². The standard InChI is InChI=1S/C22H14ClF3N2O/c23-20-17(7-2-8-18(20)22(24,25)26)19-12-16(29)9-11-28(19)13-15-5-1-4-14-6-3-10-27-21(14)15/h1-12H,13H2. The van der Waals surface area contributed by atoms with Gasteiger partial charge in [-0.2, -0.15) is 13.2 Å². The van der Waals surface area contributed by atoms with E-state index in [4.69, 9.17) is 11.6 Å². The van der Waals surface area contributed by atoms with Gasteiger partial charge in [-0.25, -0.2) is 0 Å². The van der Waals surface area contributed by atoms with Gasteiger partial charge in [0.25, 0.3) is 0 Å². The summed E-state index contributed by atoms with van der Waals surface area (Å²) in [6.07, 6.45) is -1.36. The molecule has 146 valence electrons. The second kappa shape index (κ2) is 7.37. The molecule has 0 aliphatic heterocycles. The number of aromatic nitrogens is 2. The molecule has 0 radical (unpaired) electrons. The van der Waals surface area contributed by atoms with Crippen molar-refractivity contribution in [1.82, 2.24) is 9.55 Å². The molecule has 0 spiro atoms. The van der Waals surface area contributed by atoms with Gasteiger partial charge in [0.2, 0.25) is 0 Å². The first-order valence-corrected chi connectivity index (χ1v) is 9.11. The van der Waals surface area contributed by atoms with Crippen LogP contribution in [0, 0.1) is 0 Å². The van der Waals surface area contributed by atoms with E-state index >= 15 is 0 Å². The Morgan fingerprint density at radius 2 is 1.76 bits per heavy atom. The fraction of sp³-hybridized carbons (Fsp3) is 0.0909. The largest absolute Gasteiger partial charge is 0.417 e. The van der Waals surface area contributed by atoms with E-state index in [0.29, 0.717) is 12.2 Å². The number of fused-ring (bicyclic) bond motifs is 1. The monoisotopic (exact) mass is 414 g/mol. The second-order valence-electron chi connectivity index (χ2n) is 6.53. The Balaban J connectivity index is 1.88. The number of hydrogen-bond acceptors (Lipinski definition) is 2. The Morgan fingerprint density at radius 3 is 2.55 bits per heavy atom. The predicted octanol–water partition coefficient (Wildman–Crippen LogP) is 5.78. The normalized spacial score (nSPS) is 11.7. The minimum atomic E-state index is -4.59. The SMILES string of the molecule is O=c1ccn(Cc2cccc3cccnc23)c(-c2cccc(C(F)(F)F)c2Cl)c1. The van der Waals surface area contributed by atoms with Crippen molar-refractivity contribution in [2.75, 3.05) is 0 Å². The molecule has 7 heteroatoms. The van der Waals surface area contributed by atoms with Crippen molar-refractivity contribution in [3.8, 4) is 11.3 Å². The number of rotatable bonds is 3. The second-order valence-corrected chi connectivity index (χ2v) is 6.91. The first-order chi connectivity index (χ1) is 13.8. The first kappa shape index (κ1) is 19.2. The van der Waals surface area contributed by atoms with Gasteiger partial charge in [0.1, 0.15) is 0 Å². The average molecular weight is 415 g/mol. The zero-order chi connectivity index (χ0) is 20.6. The van der Waals surface area contributed by atoms with E-state index in [0.717, 1.165) is 22.5 Å². The van der Waals surface area contributed by atoms with Gasteiger partial charge in [0.05, 0.1) is 21.8 Å². The summed E-state index contributed by atoms with van der Waals surface area (Å²) in [5, 5.41) is 0.514. The minimum Gasteiger partial charge on any atom is -0.343 e. The average Bonchev–Trinajstić information content (AvgIpc) is 2.69. The number of halogens is 4. The van der Waals surface area contributed by atoms with Gasteiger partial charge in [0.15, 0.2) is 5.43 Å². The van der Waals surface area contributed by atoms with Gasteiger partial charge in [0, 0.05) is 42.0 Å². The number of alkyl halides is 3. The van der Waals surface area contributed by atoms with Crippen LogP contribution in [0.3, 0.4) is 0 Å². The quantitative estimate of drug-likeness (QED) is 0.425. The van der Waals surface area contributed by atoms with Crippen LogP contribution < -0.4 is 5.43 Å². The lowest BCUT2D eigenvalue weighted by Crippen LogP contribution is -2.12. The van der Waals surface area contributed by atoms with Gasteiger partial charge >= 0.3 is 6.18 Å². The van der Waals surface area contributed by atoms with E-state index in [9.17, 15) is 18.0 Å². The summed E-state index contributed by atoms with van der Waals surface area (Å²) < 4.78 is 41.6. The minimum absolute atomic E-state index is 0.146. The van der Waals surface area contributed by atoms with Crippen LogP contribution in [0.1, 0.15) is 11.1 Å². The lowest BCUT2D eigenvalue weighted by molar-refractivity contribution is -0.137. The fourth-order valence-corrected chi connectivity index (χ4v) is 3.64. The Hall–Kier alpha value is -3.12. The lowest BCUT2D eigenvalue weighted by Gasteiger charge is -2.17.